The van der Waals surface area contributed by atoms with Crippen LogP contribution in [0.1, 0.15) is 57.3 Å². The Balaban J connectivity index is 1.61. The molecule has 170 valence electrons. The Kier molecular flexibility index (Phi) is 6.27. The summed E-state index contributed by atoms with van der Waals surface area (Å²) in [6.45, 7) is 7.74. The number of carbonyl (C=O) groups excluding carboxylic acids is 1. The van der Waals surface area contributed by atoms with Gasteiger partial charge in [-0.2, -0.15) is 0 Å². The van der Waals surface area contributed by atoms with Gasteiger partial charge in [0, 0.05) is 35.5 Å². The molecule has 3 heterocycles. The molecule has 1 unspecified atom stereocenters. The van der Waals surface area contributed by atoms with Crippen molar-refractivity contribution in [2.45, 2.75) is 52.5 Å². The average Bonchev–Trinajstić information content (AvgIpc) is 3.12. The number of hydrogen-bond acceptors (Lipinski definition) is 5. The average molecular weight is 477 g/mol. The number of fused-ring (bicyclic) bond motifs is 1. The van der Waals surface area contributed by atoms with Gasteiger partial charge in [-0.25, -0.2) is 9.67 Å². The van der Waals surface area contributed by atoms with Gasteiger partial charge in [-0.3, -0.25) is 9.59 Å². The Morgan fingerprint density at radius 3 is 2.78 bits per heavy atom. The fourth-order valence-electron chi connectivity index (χ4n) is 3.99. The summed E-state index contributed by atoms with van der Waals surface area (Å²) in [4.78, 5) is 34.9. The van der Waals surface area contributed by atoms with Gasteiger partial charge in [-0.15, -0.1) is 5.10 Å². The van der Waals surface area contributed by atoms with Crippen molar-refractivity contribution >= 4 is 40.3 Å². The Hall–Kier alpha value is -2.45. The summed E-state index contributed by atoms with van der Waals surface area (Å²) in [6.07, 6.45) is 2.19. The van der Waals surface area contributed by atoms with Crippen molar-refractivity contribution in [1.29, 1.82) is 0 Å². The molecular formula is C22H26Cl2N6O2. The third-order valence-corrected chi connectivity index (χ3v) is 6.16. The molecule has 1 N–H and O–H groups in total. The molecule has 0 radical (unpaired) electrons. The van der Waals surface area contributed by atoms with Gasteiger partial charge in [0.25, 0.3) is 5.56 Å². The van der Waals surface area contributed by atoms with Crippen LogP contribution >= 0.6 is 23.2 Å². The highest BCUT2D eigenvalue weighted by Gasteiger charge is 2.29. The van der Waals surface area contributed by atoms with Crippen LogP contribution in [0.5, 0.6) is 0 Å². The lowest BCUT2D eigenvalue weighted by atomic mass is 9.90. The quantitative estimate of drug-likeness (QED) is 0.613. The van der Waals surface area contributed by atoms with Crippen molar-refractivity contribution in [3.8, 4) is 0 Å². The molecule has 1 amide bonds. The third kappa shape index (κ3) is 4.96. The third-order valence-electron chi connectivity index (χ3n) is 5.57. The fourth-order valence-corrected chi connectivity index (χ4v) is 4.45. The van der Waals surface area contributed by atoms with Crippen LogP contribution in [0.4, 0.5) is 0 Å². The molecule has 1 aromatic carbocycles. The van der Waals surface area contributed by atoms with Crippen molar-refractivity contribution in [3.05, 3.63) is 50.0 Å². The summed E-state index contributed by atoms with van der Waals surface area (Å²) in [5.41, 5.74) is 0.958. The van der Waals surface area contributed by atoms with Crippen LogP contribution in [-0.4, -0.2) is 48.9 Å². The summed E-state index contributed by atoms with van der Waals surface area (Å²) < 4.78 is 1.56. The molecule has 2 aromatic heterocycles. The van der Waals surface area contributed by atoms with E-state index in [9.17, 15) is 9.59 Å². The van der Waals surface area contributed by atoms with E-state index >= 15 is 0 Å². The molecule has 1 aliphatic rings. The zero-order valence-electron chi connectivity index (χ0n) is 18.4. The smallest absolute Gasteiger partial charge is 0.281 e. The number of nitrogens with zero attached hydrogens (tertiary/aromatic N) is 5. The topological polar surface area (TPSA) is 96.8 Å². The Bertz CT molecular complexity index is 1210. The number of hydrogen-bond donors (Lipinski definition) is 1. The van der Waals surface area contributed by atoms with E-state index in [0.717, 1.165) is 24.9 Å². The molecule has 32 heavy (non-hydrogen) atoms. The molecule has 0 bridgehead atoms. The van der Waals surface area contributed by atoms with Crippen LogP contribution in [0.25, 0.3) is 11.2 Å². The minimum atomic E-state index is -0.336. The molecule has 0 saturated carbocycles. The SMILES string of the molecule is CC(C)(C)CC(=O)N1CCCC(c2nc3c(nnn3Cc3ccc(Cl)cc3Cl)c(=O)[nH]2)C1. The second kappa shape index (κ2) is 8.83. The molecule has 1 fully saturated rings. The second-order valence-corrected chi connectivity index (χ2v) is 10.4. The summed E-state index contributed by atoms with van der Waals surface area (Å²) in [5, 5.41) is 9.17. The lowest BCUT2D eigenvalue weighted by Crippen LogP contribution is -2.41. The number of aromatic amines is 1. The van der Waals surface area contributed by atoms with Crippen LogP contribution in [0.15, 0.2) is 23.0 Å². The Morgan fingerprint density at radius 2 is 2.06 bits per heavy atom. The van der Waals surface area contributed by atoms with Gasteiger partial charge in [0.05, 0.1) is 6.54 Å². The van der Waals surface area contributed by atoms with Gasteiger partial charge in [0.15, 0.2) is 11.2 Å². The van der Waals surface area contributed by atoms with Crippen LogP contribution < -0.4 is 5.56 Å². The maximum Gasteiger partial charge on any atom is 0.281 e. The number of aromatic nitrogens is 5. The van der Waals surface area contributed by atoms with Crippen molar-refractivity contribution in [3.63, 3.8) is 0 Å². The maximum absolute atomic E-state index is 12.7. The lowest BCUT2D eigenvalue weighted by molar-refractivity contribution is -0.134. The van der Waals surface area contributed by atoms with Crippen LogP contribution in [0.3, 0.4) is 0 Å². The van der Waals surface area contributed by atoms with Crippen molar-refractivity contribution in [2.24, 2.45) is 5.41 Å². The molecule has 4 rings (SSSR count). The van der Waals surface area contributed by atoms with Crippen LogP contribution in [0.2, 0.25) is 10.0 Å². The van der Waals surface area contributed by atoms with Gasteiger partial charge >= 0.3 is 0 Å². The predicted molar refractivity (Wildman–Crippen MR) is 124 cm³/mol. The molecular weight excluding hydrogens is 451 g/mol. The molecule has 1 saturated heterocycles. The largest absolute Gasteiger partial charge is 0.342 e. The standard InChI is InChI=1S/C22H26Cl2N6O2/c1-22(2,3)10-17(31)29-8-4-5-14(11-29)19-25-20-18(21(32)26-19)27-28-30(20)12-13-6-7-15(23)9-16(13)24/h6-7,9,14H,4-5,8,10-12H2,1-3H3,(H,25,26,32). The molecule has 8 nitrogen and oxygen atoms in total. The van der Waals surface area contributed by atoms with E-state index in [1.165, 1.54) is 0 Å². The van der Waals surface area contributed by atoms with Gasteiger partial charge in [-0.05, 0) is 36.0 Å². The highest BCUT2D eigenvalue weighted by Crippen LogP contribution is 2.28. The summed E-state index contributed by atoms with van der Waals surface area (Å²) >= 11 is 12.3. The number of amides is 1. The number of likely N-dealkylation sites (tertiary alicyclic amines) is 1. The van der Waals surface area contributed by atoms with Crippen LogP contribution in [-0.2, 0) is 11.3 Å². The zero-order valence-corrected chi connectivity index (χ0v) is 19.9. The monoisotopic (exact) mass is 476 g/mol. The Labute approximate surface area is 195 Å². The van der Waals surface area contributed by atoms with Crippen LogP contribution in [0, 0.1) is 5.41 Å². The zero-order chi connectivity index (χ0) is 23.0. The summed E-state index contributed by atoms with van der Waals surface area (Å²) in [6, 6.07) is 5.22. The second-order valence-electron chi connectivity index (χ2n) is 9.52. The van der Waals surface area contributed by atoms with E-state index in [1.807, 2.05) is 11.0 Å². The van der Waals surface area contributed by atoms with E-state index in [2.05, 4.69) is 36.1 Å². The number of benzene rings is 1. The molecule has 1 aliphatic heterocycles. The molecule has 3 aromatic rings. The van der Waals surface area contributed by atoms with Crippen molar-refractivity contribution in [2.75, 3.05) is 13.1 Å². The highest BCUT2D eigenvalue weighted by atomic mass is 35.5. The van der Waals surface area contributed by atoms with E-state index < -0.39 is 0 Å². The molecule has 1 atom stereocenters. The maximum atomic E-state index is 12.7. The minimum absolute atomic E-state index is 0.0489. The molecule has 0 aliphatic carbocycles. The predicted octanol–water partition coefficient (Wildman–Crippen LogP) is 4.01. The Morgan fingerprint density at radius 1 is 1.28 bits per heavy atom. The summed E-state index contributed by atoms with van der Waals surface area (Å²) in [7, 11) is 0. The number of halogens is 2. The van der Waals surface area contributed by atoms with E-state index in [4.69, 9.17) is 28.2 Å². The number of H-pyrrole nitrogens is 1. The van der Waals surface area contributed by atoms with Gasteiger partial charge in [-0.1, -0.05) is 55.3 Å². The minimum Gasteiger partial charge on any atom is -0.342 e. The van der Waals surface area contributed by atoms with Crippen molar-refractivity contribution < 1.29 is 4.79 Å². The van der Waals surface area contributed by atoms with Crippen molar-refractivity contribution in [1.82, 2.24) is 29.9 Å². The normalized spacial score (nSPS) is 17.2. The first-order valence-electron chi connectivity index (χ1n) is 10.7. The first kappa shape index (κ1) is 22.7. The highest BCUT2D eigenvalue weighted by molar-refractivity contribution is 6.35. The number of nitrogens with one attached hydrogen (secondary N) is 1. The molecule has 10 heteroatoms. The van der Waals surface area contributed by atoms with Gasteiger partial charge in [0.2, 0.25) is 5.91 Å². The number of carbonyl (C=O) groups is 1. The lowest BCUT2D eigenvalue weighted by Gasteiger charge is -2.34. The van der Waals surface area contributed by atoms with E-state index in [-0.39, 0.29) is 28.3 Å². The fraction of sp³-hybridized carbons (Fsp3) is 0.500. The van der Waals surface area contributed by atoms with Gasteiger partial charge in [0.1, 0.15) is 5.82 Å². The van der Waals surface area contributed by atoms with Gasteiger partial charge < -0.3 is 9.88 Å². The number of piperidine rings is 1. The first-order valence-corrected chi connectivity index (χ1v) is 11.4. The number of rotatable bonds is 4. The van der Waals surface area contributed by atoms with E-state index in [0.29, 0.717) is 41.0 Å². The molecule has 0 spiro atoms. The first-order chi connectivity index (χ1) is 15.1. The summed E-state index contributed by atoms with van der Waals surface area (Å²) in [5.74, 6) is 0.642. The van der Waals surface area contributed by atoms with E-state index in [1.54, 1.807) is 16.8 Å².